The van der Waals surface area contributed by atoms with E-state index in [4.69, 9.17) is 27.9 Å². The van der Waals surface area contributed by atoms with Gasteiger partial charge in [-0.05, 0) is 36.0 Å². The van der Waals surface area contributed by atoms with Crippen molar-refractivity contribution in [3.63, 3.8) is 0 Å². The van der Waals surface area contributed by atoms with Crippen LogP contribution in [0.25, 0.3) is 11.1 Å². The SMILES string of the molecule is CCCCc1nc(Cl)c(CO)n1Cc1ccc(-c2ccccc2/C(N)=N/N(N)C(=O)OCCCCO[N+](=O)[O-])cc1. The van der Waals surface area contributed by atoms with Crippen molar-refractivity contribution in [2.45, 2.75) is 52.2 Å². The Morgan fingerprint density at radius 2 is 1.88 bits per heavy atom. The molecule has 1 amide bonds. The van der Waals surface area contributed by atoms with E-state index in [9.17, 15) is 20.0 Å². The molecule has 1 heterocycles. The fraction of sp³-hybridized carbons (Fsp3) is 0.370. The number of amidine groups is 1. The predicted octanol–water partition coefficient (Wildman–Crippen LogP) is 4.01. The van der Waals surface area contributed by atoms with E-state index < -0.39 is 11.2 Å². The Kier molecular flexibility index (Phi) is 11.9. The third-order valence-electron chi connectivity index (χ3n) is 6.18. The molecule has 0 bridgehead atoms. The Morgan fingerprint density at radius 1 is 1.17 bits per heavy atom. The molecular weight excluding hydrogens is 554 g/mol. The number of hydrogen-bond acceptors (Lipinski definition) is 9. The Labute approximate surface area is 242 Å². The maximum Gasteiger partial charge on any atom is 0.445 e. The molecular formula is C27H34ClN7O6. The van der Waals surface area contributed by atoms with E-state index in [1.54, 1.807) is 12.1 Å². The predicted molar refractivity (Wildman–Crippen MR) is 153 cm³/mol. The first-order valence-electron chi connectivity index (χ1n) is 13.1. The summed E-state index contributed by atoms with van der Waals surface area (Å²) < 4.78 is 6.98. The van der Waals surface area contributed by atoms with Gasteiger partial charge >= 0.3 is 6.09 Å². The third kappa shape index (κ3) is 8.90. The molecule has 3 aromatic rings. The summed E-state index contributed by atoms with van der Waals surface area (Å²) in [6.45, 7) is 2.30. The van der Waals surface area contributed by atoms with Crippen molar-refractivity contribution >= 4 is 23.5 Å². The highest BCUT2D eigenvalue weighted by Crippen LogP contribution is 2.26. The summed E-state index contributed by atoms with van der Waals surface area (Å²) in [4.78, 5) is 31.0. The Bertz CT molecular complexity index is 1350. The van der Waals surface area contributed by atoms with Gasteiger partial charge in [0.25, 0.3) is 5.09 Å². The number of amides is 1. The van der Waals surface area contributed by atoms with Gasteiger partial charge in [0.05, 0.1) is 25.5 Å². The maximum absolute atomic E-state index is 12.2. The molecule has 0 saturated carbocycles. The van der Waals surface area contributed by atoms with Crippen molar-refractivity contribution in [2.24, 2.45) is 16.7 Å². The topological polar surface area (TPSA) is 184 Å². The second-order valence-corrected chi connectivity index (χ2v) is 9.42. The lowest BCUT2D eigenvalue weighted by molar-refractivity contribution is -0.757. The van der Waals surface area contributed by atoms with Crippen molar-refractivity contribution in [3.8, 4) is 11.1 Å². The number of hydrazine groups is 1. The number of ether oxygens (including phenoxy) is 1. The lowest BCUT2D eigenvalue weighted by atomic mass is 9.98. The van der Waals surface area contributed by atoms with Gasteiger partial charge in [0, 0.05) is 18.5 Å². The van der Waals surface area contributed by atoms with Crippen LogP contribution in [-0.4, -0.2) is 50.0 Å². The summed E-state index contributed by atoms with van der Waals surface area (Å²) >= 11 is 6.27. The second kappa shape index (κ2) is 15.6. The number of unbranched alkanes of at least 4 members (excludes halogenated alkanes) is 2. The van der Waals surface area contributed by atoms with Gasteiger partial charge in [-0.15, -0.1) is 20.3 Å². The summed E-state index contributed by atoms with van der Waals surface area (Å²) in [5, 5.41) is 23.9. The van der Waals surface area contributed by atoms with E-state index in [1.807, 2.05) is 41.0 Å². The van der Waals surface area contributed by atoms with Crippen LogP contribution in [-0.2, 0) is 29.1 Å². The molecule has 0 aliphatic rings. The highest BCUT2D eigenvalue weighted by molar-refractivity contribution is 6.30. The standard InChI is InChI=1S/C27H34ClN7O6/c1-2-3-10-24-31-25(28)23(18-36)33(24)17-19-11-13-20(14-12-19)21-8-4-5-9-22(21)26(29)32-34(30)27(37)40-15-6-7-16-41-35(38)39/h4-5,8-9,11-14,36H,2-3,6-7,10,15-18,30H2,1H3,(H2,29,32). The average molecular weight is 588 g/mol. The highest BCUT2D eigenvalue weighted by Gasteiger charge is 2.16. The molecule has 0 saturated heterocycles. The monoisotopic (exact) mass is 587 g/mol. The van der Waals surface area contributed by atoms with Gasteiger partial charge < -0.3 is 25.0 Å². The molecule has 2 aromatic carbocycles. The van der Waals surface area contributed by atoms with Crippen LogP contribution in [0.15, 0.2) is 53.6 Å². The molecule has 0 aliphatic carbocycles. The number of benzene rings is 2. The van der Waals surface area contributed by atoms with Crippen LogP contribution in [0.5, 0.6) is 0 Å². The van der Waals surface area contributed by atoms with Crippen LogP contribution < -0.4 is 11.6 Å². The van der Waals surface area contributed by atoms with Crippen LogP contribution >= 0.6 is 11.6 Å². The normalized spacial score (nSPS) is 11.4. The molecule has 0 fully saturated rings. The van der Waals surface area contributed by atoms with E-state index in [0.717, 1.165) is 41.8 Å². The highest BCUT2D eigenvalue weighted by atomic mass is 35.5. The number of aliphatic hydroxyl groups is 1. The van der Waals surface area contributed by atoms with Gasteiger partial charge in [-0.25, -0.2) is 15.6 Å². The van der Waals surface area contributed by atoms with Crippen LogP contribution in [0, 0.1) is 10.1 Å². The summed E-state index contributed by atoms with van der Waals surface area (Å²) in [5.74, 6) is 6.57. The van der Waals surface area contributed by atoms with Gasteiger partial charge in [0.1, 0.15) is 5.82 Å². The van der Waals surface area contributed by atoms with Gasteiger partial charge in [0.2, 0.25) is 0 Å². The molecule has 13 nitrogen and oxygen atoms in total. The molecule has 0 unspecified atom stereocenters. The van der Waals surface area contributed by atoms with Gasteiger partial charge in [0.15, 0.2) is 11.0 Å². The summed E-state index contributed by atoms with van der Waals surface area (Å²) in [6, 6.07) is 15.1. The first-order chi connectivity index (χ1) is 19.7. The largest absolute Gasteiger partial charge is 0.447 e. The molecule has 5 N–H and O–H groups in total. The lowest BCUT2D eigenvalue weighted by Crippen LogP contribution is -2.36. The zero-order chi connectivity index (χ0) is 29.8. The van der Waals surface area contributed by atoms with E-state index in [1.165, 1.54) is 0 Å². The Balaban J connectivity index is 1.70. The fourth-order valence-electron chi connectivity index (χ4n) is 4.08. The molecule has 0 atom stereocenters. The maximum atomic E-state index is 12.2. The lowest BCUT2D eigenvalue weighted by Gasteiger charge is -2.15. The number of aryl methyl sites for hydroxylation is 1. The minimum atomic E-state index is -0.926. The summed E-state index contributed by atoms with van der Waals surface area (Å²) in [7, 11) is 0. The molecule has 0 spiro atoms. The number of aliphatic hydroxyl groups excluding tert-OH is 1. The number of hydrogen-bond donors (Lipinski definition) is 3. The van der Waals surface area contributed by atoms with Gasteiger partial charge in [-0.3, -0.25) is 0 Å². The van der Waals surface area contributed by atoms with E-state index in [-0.39, 0.29) is 25.7 Å². The van der Waals surface area contributed by atoms with E-state index in [0.29, 0.717) is 40.9 Å². The van der Waals surface area contributed by atoms with Crippen LogP contribution in [0.1, 0.15) is 55.3 Å². The molecule has 14 heteroatoms. The number of nitrogens with two attached hydrogens (primary N) is 2. The van der Waals surface area contributed by atoms with Crippen molar-refractivity contribution in [3.05, 3.63) is 86.4 Å². The number of rotatable bonds is 15. The van der Waals surface area contributed by atoms with Crippen molar-refractivity contribution < 1.29 is 24.6 Å². The number of carbonyl (C=O) groups is 1. The van der Waals surface area contributed by atoms with Gasteiger partial charge in [-0.2, -0.15) is 0 Å². The third-order valence-corrected chi connectivity index (χ3v) is 6.48. The first kappa shape index (κ1) is 31.3. The van der Waals surface area contributed by atoms with E-state index >= 15 is 0 Å². The Hall–Kier alpha value is -4.20. The molecule has 41 heavy (non-hydrogen) atoms. The summed E-state index contributed by atoms with van der Waals surface area (Å²) in [5.41, 5.74) is 10.00. The van der Waals surface area contributed by atoms with Crippen molar-refractivity contribution in [1.29, 1.82) is 0 Å². The van der Waals surface area contributed by atoms with Crippen molar-refractivity contribution in [1.82, 2.24) is 14.7 Å². The molecule has 1 aromatic heterocycles. The smallest absolute Gasteiger partial charge is 0.445 e. The molecule has 0 radical (unpaired) electrons. The van der Waals surface area contributed by atoms with Crippen LogP contribution in [0.3, 0.4) is 0 Å². The first-order valence-corrected chi connectivity index (χ1v) is 13.5. The Morgan fingerprint density at radius 3 is 2.56 bits per heavy atom. The quantitative estimate of drug-likeness (QED) is 0.0449. The number of hydrazone groups is 1. The van der Waals surface area contributed by atoms with Crippen LogP contribution in [0.2, 0.25) is 5.15 Å². The average Bonchev–Trinajstić information content (AvgIpc) is 3.26. The van der Waals surface area contributed by atoms with Crippen molar-refractivity contribution in [2.75, 3.05) is 13.2 Å². The summed E-state index contributed by atoms with van der Waals surface area (Å²) in [6.07, 6.45) is 2.51. The van der Waals surface area contributed by atoms with E-state index in [2.05, 4.69) is 21.8 Å². The number of carbonyl (C=O) groups excluding carboxylic acids is 1. The molecule has 3 rings (SSSR count). The second-order valence-electron chi connectivity index (χ2n) is 9.06. The number of aromatic nitrogens is 2. The molecule has 0 aliphatic heterocycles. The number of nitrogens with zero attached hydrogens (tertiary/aromatic N) is 5. The van der Waals surface area contributed by atoms with Crippen LogP contribution in [0.4, 0.5) is 4.79 Å². The minimum absolute atomic E-state index is 0.00437. The number of imidazole rings is 1. The van der Waals surface area contributed by atoms with Gasteiger partial charge in [-0.1, -0.05) is 73.5 Å². The minimum Gasteiger partial charge on any atom is -0.447 e. The fourth-order valence-corrected chi connectivity index (χ4v) is 4.34. The molecule has 220 valence electrons. The zero-order valence-electron chi connectivity index (χ0n) is 22.7. The number of halogens is 1. The zero-order valence-corrected chi connectivity index (χ0v) is 23.5.